The van der Waals surface area contributed by atoms with Crippen molar-refractivity contribution in [1.82, 2.24) is 4.90 Å². The number of halogens is 1. The van der Waals surface area contributed by atoms with Crippen LogP contribution in [0.3, 0.4) is 0 Å². The van der Waals surface area contributed by atoms with Crippen molar-refractivity contribution in [3.63, 3.8) is 0 Å². The van der Waals surface area contributed by atoms with E-state index < -0.39 is 23.7 Å². The summed E-state index contributed by atoms with van der Waals surface area (Å²) in [5, 5.41) is 8.95. The Kier molecular flexibility index (Phi) is 3.75. The van der Waals surface area contributed by atoms with Gasteiger partial charge in [-0.1, -0.05) is 0 Å². The molecule has 0 aromatic rings. The summed E-state index contributed by atoms with van der Waals surface area (Å²) in [6.45, 7) is 5.01. The Balaban J connectivity index is 2.81. The topological polar surface area (TPSA) is 66.8 Å². The van der Waals surface area contributed by atoms with Gasteiger partial charge in [-0.3, -0.25) is 4.90 Å². The third-order valence-corrected chi connectivity index (χ3v) is 2.27. The van der Waals surface area contributed by atoms with Crippen LogP contribution in [-0.4, -0.2) is 40.3 Å². The fourth-order valence-corrected chi connectivity index (χ4v) is 1.56. The second kappa shape index (κ2) is 4.73. The van der Waals surface area contributed by atoms with Gasteiger partial charge >= 0.3 is 12.1 Å². The maximum absolute atomic E-state index is 12.4. The molecule has 5 nitrogen and oxygen atoms in total. The molecule has 0 bridgehead atoms. The van der Waals surface area contributed by atoms with Gasteiger partial charge in [-0.15, -0.1) is 0 Å². The Morgan fingerprint density at radius 3 is 2.53 bits per heavy atom. The molecule has 1 saturated heterocycles. The third kappa shape index (κ3) is 3.44. The molecule has 17 heavy (non-hydrogen) atoms. The first-order valence-electron chi connectivity index (χ1n) is 5.25. The number of hydrogen-bond acceptors (Lipinski definition) is 3. The van der Waals surface area contributed by atoms with E-state index in [-0.39, 0.29) is 18.5 Å². The third-order valence-electron chi connectivity index (χ3n) is 2.27. The molecular weight excluding hydrogens is 229 g/mol. The predicted octanol–water partition coefficient (Wildman–Crippen LogP) is 1.93. The molecule has 0 saturated carbocycles. The van der Waals surface area contributed by atoms with E-state index in [1.165, 1.54) is 0 Å². The molecule has 1 aliphatic rings. The fourth-order valence-electron chi connectivity index (χ4n) is 1.56. The maximum atomic E-state index is 12.4. The van der Waals surface area contributed by atoms with Crippen molar-refractivity contribution in [1.29, 1.82) is 0 Å². The van der Waals surface area contributed by atoms with Gasteiger partial charge in [0.2, 0.25) is 0 Å². The summed E-state index contributed by atoms with van der Waals surface area (Å²) in [5.74, 6) is -1.16. The Bertz CT molecular complexity index is 359. The number of carboxylic acids is 1. The molecule has 1 atom stereocenters. The lowest BCUT2D eigenvalue weighted by Crippen LogP contribution is -2.43. The summed E-state index contributed by atoms with van der Waals surface area (Å²) in [4.78, 5) is 23.7. The molecule has 1 amide bonds. The lowest BCUT2D eigenvalue weighted by Gasteiger charge is -2.26. The van der Waals surface area contributed by atoms with E-state index in [4.69, 9.17) is 9.84 Å². The van der Waals surface area contributed by atoms with E-state index in [2.05, 4.69) is 0 Å². The van der Waals surface area contributed by atoms with E-state index in [0.717, 1.165) is 4.90 Å². The molecule has 0 spiro atoms. The highest BCUT2D eigenvalue weighted by Crippen LogP contribution is 2.25. The number of likely N-dealkylation sites (tertiary alicyclic amines) is 1. The van der Waals surface area contributed by atoms with Crippen LogP contribution in [-0.2, 0) is 9.53 Å². The minimum absolute atomic E-state index is 0.00504. The molecule has 0 aromatic carbocycles. The molecule has 1 rings (SSSR count). The molecule has 1 heterocycles. The summed E-state index contributed by atoms with van der Waals surface area (Å²) in [5.41, 5.74) is -0.425. The van der Waals surface area contributed by atoms with E-state index in [1.54, 1.807) is 20.8 Å². The van der Waals surface area contributed by atoms with E-state index in [9.17, 15) is 14.0 Å². The summed E-state index contributed by atoms with van der Waals surface area (Å²) in [6, 6.07) is -1.05. The normalized spacial score (nSPS) is 22.9. The molecule has 96 valence electrons. The number of carbonyl (C=O) groups excluding carboxylic acids is 1. The summed E-state index contributed by atoms with van der Waals surface area (Å²) in [7, 11) is 0. The Labute approximate surface area is 98.8 Å². The molecule has 0 aliphatic carbocycles. The van der Waals surface area contributed by atoms with Crippen LogP contribution in [0.5, 0.6) is 0 Å². The fraction of sp³-hybridized carbons (Fsp3) is 0.636. The lowest BCUT2D eigenvalue weighted by molar-refractivity contribution is -0.142. The first kappa shape index (κ1) is 13.5. The minimum atomic E-state index is -1.16. The molecule has 6 heteroatoms. The molecule has 1 unspecified atom stereocenters. The van der Waals surface area contributed by atoms with Gasteiger partial charge in [0.05, 0.1) is 6.33 Å². The van der Waals surface area contributed by atoms with Crippen molar-refractivity contribution in [2.24, 2.45) is 0 Å². The smallest absolute Gasteiger partial charge is 0.411 e. The SMILES string of the molecule is CC(C)(C)OC(=O)N1C/C(=C\F)CC1C(=O)O. The average Bonchev–Trinajstić information content (AvgIpc) is 2.58. The number of amides is 1. The maximum Gasteiger partial charge on any atom is 0.411 e. The number of carbonyl (C=O) groups is 2. The van der Waals surface area contributed by atoms with Gasteiger partial charge in [0.25, 0.3) is 0 Å². The van der Waals surface area contributed by atoms with Crippen LogP contribution in [0.2, 0.25) is 0 Å². The van der Waals surface area contributed by atoms with Crippen molar-refractivity contribution in [2.75, 3.05) is 6.54 Å². The molecule has 1 N–H and O–H groups in total. The van der Waals surface area contributed by atoms with Crippen LogP contribution in [0.15, 0.2) is 11.9 Å². The van der Waals surface area contributed by atoms with Gasteiger partial charge < -0.3 is 9.84 Å². The van der Waals surface area contributed by atoms with Crippen LogP contribution in [0, 0.1) is 0 Å². The number of hydrogen-bond donors (Lipinski definition) is 1. The van der Waals surface area contributed by atoms with Crippen LogP contribution < -0.4 is 0 Å². The molecular formula is C11H16FNO4. The second-order valence-corrected chi connectivity index (χ2v) is 4.93. The molecule has 1 fully saturated rings. The summed E-state index contributed by atoms with van der Waals surface area (Å²) in [6.07, 6.45) is -0.382. The van der Waals surface area contributed by atoms with E-state index >= 15 is 0 Å². The Hall–Kier alpha value is -1.59. The highest BCUT2D eigenvalue weighted by molar-refractivity contribution is 5.82. The van der Waals surface area contributed by atoms with Crippen molar-refractivity contribution in [3.8, 4) is 0 Å². The van der Waals surface area contributed by atoms with Gasteiger partial charge in [0, 0.05) is 13.0 Å². The number of rotatable bonds is 1. The zero-order chi connectivity index (χ0) is 13.2. The van der Waals surface area contributed by atoms with Crippen LogP contribution >= 0.6 is 0 Å². The standard InChI is InChI=1S/C11H16FNO4/c1-11(2,3)17-10(16)13-6-7(5-12)4-8(13)9(14)15/h5,8H,4,6H2,1-3H3,(H,14,15)/b7-5-. The van der Waals surface area contributed by atoms with Crippen molar-refractivity contribution in [2.45, 2.75) is 38.8 Å². The number of carboxylic acid groups (broad SMARTS) is 1. The second-order valence-electron chi connectivity index (χ2n) is 4.93. The van der Waals surface area contributed by atoms with Gasteiger partial charge in [-0.2, -0.15) is 0 Å². The lowest BCUT2D eigenvalue weighted by atomic mass is 10.2. The van der Waals surface area contributed by atoms with Crippen LogP contribution in [0.4, 0.5) is 9.18 Å². The Morgan fingerprint density at radius 2 is 2.12 bits per heavy atom. The monoisotopic (exact) mass is 245 g/mol. The molecule has 0 radical (unpaired) electrons. The number of nitrogens with zero attached hydrogens (tertiary/aromatic N) is 1. The summed E-state index contributed by atoms with van der Waals surface area (Å²) >= 11 is 0. The van der Waals surface area contributed by atoms with Crippen molar-refractivity contribution < 1.29 is 23.8 Å². The van der Waals surface area contributed by atoms with Crippen LogP contribution in [0.25, 0.3) is 0 Å². The minimum Gasteiger partial charge on any atom is -0.480 e. The first-order chi connectivity index (χ1) is 7.74. The average molecular weight is 245 g/mol. The number of ether oxygens (including phenoxy) is 1. The quantitative estimate of drug-likeness (QED) is 0.766. The zero-order valence-corrected chi connectivity index (χ0v) is 10.1. The van der Waals surface area contributed by atoms with Gasteiger partial charge in [0.1, 0.15) is 11.6 Å². The highest BCUT2D eigenvalue weighted by Gasteiger charge is 2.39. The molecule has 0 aromatic heterocycles. The van der Waals surface area contributed by atoms with Gasteiger partial charge in [-0.25, -0.2) is 14.0 Å². The zero-order valence-electron chi connectivity index (χ0n) is 10.1. The largest absolute Gasteiger partial charge is 0.480 e. The first-order valence-corrected chi connectivity index (χ1v) is 5.25. The van der Waals surface area contributed by atoms with Crippen LogP contribution in [0.1, 0.15) is 27.2 Å². The predicted molar refractivity (Wildman–Crippen MR) is 58.2 cm³/mol. The number of aliphatic carboxylic acids is 1. The molecule has 1 aliphatic heterocycles. The van der Waals surface area contributed by atoms with Crippen molar-refractivity contribution >= 4 is 12.1 Å². The van der Waals surface area contributed by atoms with E-state index in [0.29, 0.717) is 6.33 Å². The van der Waals surface area contributed by atoms with Crippen molar-refractivity contribution in [3.05, 3.63) is 11.9 Å². The van der Waals surface area contributed by atoms with Gasteiger partial charge in [-0.05, 0) is 26.3 Å². The van der Waals surface area contributed by atoms with E-state index in [1.807, 2.05) is 0 Å². The van der Waals surface area contributed by atoms with Gasteiger partial charge in [0.15, 0.2) is 0 Å². The Morgan fingerprint density at radius 1 is 1.53 bits per heavy atom. The highest BCUT2D eigenvalue weighted by atomic mass is 19.1. The summed E-state index contributed by atoms with van der Waals surface area (Å²) < 4.78 is 17.4.